The molecule has 10 atom stereocenters. The number of fused-ring (bicyclic) bond motifs is 1. The quantitative estimate of drug-likeness (QED) is 0.321. The Balaban J connectivity index is 1.46. The van der Waals surface area contributed by atoms with Gasteiger partial charge in [0, 0.05) is 28.7 Å². The number of Topliss-reactive ketones (excluding diaryl/α,β-unsaturated/α-hetero) is 1. The molecule has 0 radical (unpaired) electrons. The molecule has 10 nitrogen and oxygen atoms in total. The van der Waals surface area contributed by atoms with E-state index in [0.29, 0.717) is 18.4 Å². The third kappa shape index (κ3) is 2.48. The van der Waals surface area contributed by atoms with Gasteiger partial charge in [-0.25, -0.2) is 4.79 Å². The summed E-state index contributed by atoms with van der Waals surface area (Å²) < 4.78 is 35.8. The van der Waals surface area contributed by atoms with Crippen LogP contribution in [0.1, 0.15) is 65.5 Å². The number of epoxide rings is 1. The highest BCUT2D eigenvalue weighted by Gasteiger charge is 2.91. The molecule has 204 valence electrons. The average molecular weight is 529 g/mol. The molecule has 5 heterocycles. The van der Waals surface area contributed by atoms with Gasteiger partial charge >= 0.3 is 17.9 Å². The van der Waals surface area contributed by atoms with E-state index >= 15 is 0 Å². The molecule has 0 aromatic carbocycles. The predicted octanol–water partition coefficient (Wildman–Crippen LogP) is 2.68. The number of carbonyl (C=O) groups is 4. The summed E-state index contributed by atoms with van der Waals surface area (Å²) in [4.78, 5) is 52.9. The molecule has 0 N–H and O–H groups in total. The van der Waals surface area contributed by atoms with Crippen LogP contribution in [0, 0.1) is 28.1 Å². The van der Waals surface area contributed by atoms with Crippen molar-refractivity contribution in [2.45, 2.75) is 89.5 Å². The topological polar surface area (TPSA) is 131 Å². The maximum atomic E-state index is 14.6. The van der Waals surface area contributed by atoms with Gasteiger partial charge in [0.25, 0.3) is 0 Å². The van der Waals surface area contributed by atoms with Crippen LogP contribution in [-0.2, 0) is 42.9 Å². The van der Waals surface area contributed by atoms with Gasteiger partial charge in [0.15, 0.2) is 18.0 Å². The molecule has 4 saturated heterocycles. The van der Waals surface area contributed by atoms with E-state index in [1.54, 1.807) is 12.3 Å². The number of hydrogen-bond donors (Lipinski definition) is 0. The Morgan fingerprint density at radius 1 is 1.08 bits per heavy atom. The summed E-state index contributed by atoms with van der Waals surface area (Å²) in [6.45, 7) is 8.94. The maximum absolute atomic E-state index is 14.6. The number of carbonyl (C=O) groups excluding carboxylic acids is 4. The molecule has 0 amide bonds. The minimum atomic E-state index is -1.18. The van der Waals surface area contributed by atoms with Gasteiger partial charge in [-0.2, -0.15) is 0 Å². The average Bonchev–Trinajstić information content (AvgIpc) is 3.30. The molecule has 2 saturated carbocycles. The van der Waals surface area contributed by atoms with Gasteiger partial charge in [0.1, 0.15) is 18.3 Å². The smallest absolute Gasteiger partial charge is 0.339 e. The van der Waals surface area contributed by atoms with E-state index in [-0.39, 0.29) is 30.7 Å². The Labute approximate surface area is 219 Å². The van der Waals surface area contributed by atoms with E-state index in [1.807, 2.05) is 27.7 Å². The fourth-order valence-electron chi connectivity index (χ4n) is 9.84. The van der Waals surface area contributed by atoms with Gasteiger partial charge in [-0.3, -0.25) is 14.4 Å². The first-order valence-electron chi connectivity index (χ1n) is 13.3. The number of furan rings is 1. The Bertz CT molecular complexity index is 1270. The van der Waals surface area contributed by atoms with Crippen molar-refractivity contribution < 1.29 is 47.3 Å². The second kappa shape index (κ2) is 7.07. The third-order valence-electron chi connectivity index (χ3n) is 10.9. The van der Waals surface area contributed by atoms with Crippen molar-refractivity contribution in [2.24, 2.45) is 28.1 Å². The van der Waals surface area contributed by atoms with Crippen LogP contribution < -0.4 is 0 Å². The molecule has 6 aliphatic rings. The van der Waals surface area contributed by atoms with Crippen molar-refractivity contribution in [3.05, 3.63) is 24.2 Å². The molecule has 2 aliphatic carbocycles. The van der Waals surface area contributed by atoms with E-state index in [9.17, 15) is 19.2 Å². The molecule has 6 unspecified atom stereocenters. The summed E-state index contributed by atoms with van der Waals surface area (Å²) in [5, 5.41) is 0. The lowest BCUT2D eigenvalue weighted by atomic mass is 9.36. The first-order valence-corrected chi connectivity index (χ1v) is 13.3. The SMILES string of the molecule is CC(=O)O[C@H]1C(=O)C2C(C)(C)OC3CC(=O)OCC32C2CCC3(C)C(c4ccoc4)OC(=O)[C@H]4O[C@]43[C@@]21C. The van der Waals surface area contributed by atoms with Crippen LogP contribution in [0.5, 0.6) is 0 Å². The second-order valence-electron chi connectivity index (χ2n) is 12.9. The van der Waals surface area contributed by atoms with Gasteiger partial charge in [0.05, 0.1) is 36.6 Å². The first kappa shape index (κ1) is 24.3. The van der Waals surface area contributed by atoms with Crippen molar-refractivity contribution in [3.8, 4) is 0 Å². The Morgan fingerprint density at radius 3 is 2.53 bits per heavy atom. The summed E-state index contributed by atoms with van der Waals surface area (Å²) >= 11 is 0. The van der Waals surface area contributed by atoms with E-state index in [4.69, 9.17) is 28.1 Å². The minimum Gasteiger partial charge on any atom is -0.472 e. The monoisotopic (exact) mass is 528 g/mol. The standard InChI is InChI=1S/C28H32O10/c1-13(29)35-21-18(31)19-24(2,3)37-16-10-17(30)34-12-27(16,19)15-6-8-25(4)20(14-7-9-33-11-14)36-23(32)22-28(25,38-22)26(15,21)5/h7,9,11,15-16,19-22H,6,8,10,12H2,1-5H3/t15?,16?,19?,20?,21-,22+,25?,26-,27?,28+/m0/s1. The number of cyclic esters (lactones) is 2. The zero-order chi connectivity index (χ0) is 27.0. The predicted molar refractivity (Wildman–Crippen MR) is 125 cm³/mol. The molecule has 38 heavy (non-hydrogen) atoms. The lowest BCUT2D eigenvalue weighted by Crippen LogP contribution is -2.76. The van der Waals surface area contributed by atoms with Crippen LogP contribution in [0.3, 0.4) is 0 Å². The van der Waals surface area contributed by atoms with Crippen molar-refractivity contribution >= 4 is 23.7 Å². The molecule has 7 rings (SSSR count). The summed E-state index contributed by atoms with van der Waals surface area (Å²) in [6.07, 6.45) is 1.01. The summed E-state index contributed by atoms with van der Waals surface area (Å²) in [5.74, 6) is -2.73. The largest absolute Gasteiger partial charge is 0.472 e. The Hall–Kier alpha value is -2.72. The van der Waals surface area contributed by atoms with E-state index in [0.717, 1.165) is 0 Å². The van der Waals surface area contributed by atoms with Crippen molar-refractivity contribution in [3.63, 3.8) is 0 Å². The van der Waals surface area contributed by atoms with Crippen LogP contribution >= 0.6 is 0 Å². The van der Waals surface area contributed by atoms with Crippen molar-refractivity contribution in [2.75, 3.05) is 6.61 Å². The van der Waals surface area contributed by atoms with Crippen LogP contribution in [0.2, 0.25) is 0 Å². The summed E-state index contributed by atoms with van der Waals surface area (Å²) in [7, 11) is 0. The maximum Gasteiger partial charge on any atom is 0.339 e. The van der Waals surface area contributed by atoms with Crippen molar-refractivity contribution in [1.82, 2.24) is 0 Å². The van der Waals surface area contributed by atoms with Gasteiger partial charge in [0.2, 0.25) is 0 Å². The highest BCUT2D eigenvalue weighted by atomic mass is 16.7. The van der Waals surface area contributed by atoms with E-state index < -0.39 is 69.7 Å². The number of hydrogen-bond acceptors (Lipinski definition) is 10. The van der Waals surface area contributed by atoms with Crippen LogP contribution in [0.15, 0.2) is 23.0 Å². The molecule has 10 heteroatoms. The first-order chi connectivity index (χ1) is 17.8. The number of esters is 3. The molecule has 2 spiro atoms. The highest BCUT2D eigenvalue weighted by Crippen LogP contribution is 2.80. The molecule has 0 bridgehead atoms. The summed E-state index contributed by atoms with van der Waals surface area (Å²) in [6, 6.07) is 1.77. The lowest BCUT2D eigenvalue weighted by molar-refractivity contribution is -0.255. The minimum absolute atomic E-state index is 0.0243. The molecule has 4 aliphatic heterocycles. The van der Waals surface area contributed by atoms with Crippen molar-refractivity contribution in [1.29, 1.82) is 0 Å². The van der Waals surface area contributed by atoms with Crippen LogP contribution in [0.4, 0.5) is 0 Å². The number of ketones is 1. The fraction of sp³-hybridized carbons (Fsp3) is 0.714. The third-order valence-corrected chi connectivity index (χ3v) is 10.9. The second-order valence-corrected chi connectivity index (χ2v) is 12.9. The van der Waals surface area contributed by atoms with Gasteiger partial charge in [-0.1, -0.05) is 13.8 Å². The molecular weight excluding hydrogens is 496 g/mol. The van der Waals surface area contributed by atoms with Crippen LogP contribution in [0.25, 0.3) is 0 Å². The summed E-state index contributed by atoms with van der Waals surface area (Å²) in [5.41, 5.74) is -4.10. The highest BCUT2D eigenvalue weighted by molar-refractivity contribution is 5.93. The fourth-order valence-corrected chi connectivity index (χ4v) is 9.84. The van der Waals surface area contributed by atoms with Gasteiger partial charge < -0.3 is 28.1 Å². The van der Waals surface area contributed by atoms with Crippen LogP contribution in [-0.4, -0.2) is 59.8 Å². The zero-order valence-electron chi connectivity index (χ0n) is 22.1. The van der Waals surface area contributed by atoms with Gasteiger partial charge in [-0.05, 0) is 38.7 Å². The van der Waals surface area contributed by atoms with E-state index in [2.05, 4.69) is 0 Å². The molecule has 6 fully saturated rings. The molecule has 1 aromatic rings. The normalized spacial score (nSPS) is 49.9. The Morgan fingerprint density at radius 2 is 1.84 bits per heavy atom. The number of rotatable bonds is 2. The molecular formula is C28H32O10. The Kier molecular flexibility index (Phi) is 4.53. The lowest BCUT2D eigenvalue weighted by Gasteiger charge is -2.66. The van der Waals surface area contributed by atoms with E-state index in [1.165, 1.54) is 13.2 Å². The van der Waals surface area contributed by atoms with Gasteiger partial charge in [-0.15, -0.1) is 0 Å². The number of ether oxygens (including phenoxy) is 5. The molecule has 1 aromatic heterocycles. The zero-order valence-corrected chi connectivity index (χ0v) is 22.1.